The van der Waals surface area contributed by atoms with E-state index in [1.165, 1.54) is 0 Å². The Morgan fingerprint density at radius 2 is 2.15 bits per heavy atom. The number of carbonyl (C=O) groups is 2. The van der Waals surface area contributed by atoms with Crippen molar-refractivity contribution < 1.29 is 9.59 Å². The predicted molar refractivity (Wildman–Crippen MR) is 73.3 cm³/mol. The Bertz CT molecular complexity index is 670. The number of hydrogen-bond donors (Lipinski definition) is 1. The van der Waals surface area contributed by atoms with E-state index in [1.807, 2.05) is 22.2 Å². The number of imidazole rings is 1. The van der Waals surface area contributed by atoms with Gasteiger partial charge in [0.1, 0.15) is 5.54 Å². The zero-order chi connectivity index (χ0) is 13.7. The number of hydrogen-bond acceptors (Lipinski definition) is 4. The summed E-state index contributed by atoms with van der Waals surface area (Å²) in [5.41, 5.74) is 0.196. The van der Waals surface area contributed by atoms with Crippen LogP contribution >= 0.6 is 11.3 Å². The molecule has 7 heteroatoms. The summed E-state index contributed by atoms with van der Waals surface area (Å²) >= 11 is 1.56. The molecular formula is C13H14N4O2S. The molecule has 0 atom stereocenters. The average molecular weight is 290 g/mol. The number of urea groups is 1. The predicted octanol–water partition coefficient (Wildman–Crippen LogP) is 1.76. The van der Waals surface area contributed by atoms with E-state index in [1.54, 1.807) is 16.2 Å². The van der Waals surface area contributed by atoms with Gasteiger partial charge in [-0.15, -0.1) is 11.3 Å². The van der Waals surface area contributed by atoms with Crippen molar-refractivity contribution in [2.75, 3.05) is 0 Å². The fourth-order valence-electron chi connectivity index (χ4n) is 3.29. The molecule has 1 saturated heterocycles. The summed E-state index contributed by atoms with van der Waals surface area (Å²) in [6.45, 7) is 0.395. The fourth-order valence-corrected chi connectivity index (χ4v) is 4.01. The Balaban J connectivity index is 1.67. The Hall–Kier alpha value is -1.89. The van der Waals surface area contributed by atoms with Crippen LogP contribution in [0.15, 0.2) is 17.8 Å². The topological polar surface area (TPSA) is 66.7 Å². The average Bonchev–Trinajstić information content (AvgIpc) is 3.13. The summed E-state index contributed by atoms with van der Waals surface area (Å²) in [6.07, 6.45) is 7.37. The molecule has 2 aromatic heterocycles. The number of amides is 3. The number of nitrogens with one attached hydrogen (secondary N) is 1. The van der Waals surface area contributed by atoms with E-state index in [2.05, 4.69) is 10.3 Å². The van der Waals surface area contributed by atoms with Gasteiger partial charge in [-0.1, -0.05) is 12.8 Å². The molecule has 2 aliphatic rings. The number of fused-ring (bicyclic) bond motifs is 1. The molecule has 2 fully saturated rings. The number of imide groups is 1. The van der Waals surface area contributed by atoms with Gasteiger partial charge in [-0.25, -0.2) is 9.78 Å². The van der Waals surface area contributed by atoms with Crippen molar-refractivity contribution in [3.05, 3.63) is 23.5 Å². The van der Waals surface area contributed by atoms with Crippen LogP contribution in [0.4, 0.5) is 4.79 Å². The SMILES string of the molecule is O=C1NC(=O)C2(CCCC2)N1Cc1cn2ccsc2n1. The highest BCUT2D eigenvalue weighted by Gasteiger charge is 2.54. The summed E-state index contributed by atoms with van der Waals surface area (Å²) in [4.78, 5) is 31.3. The van der Waals surface area contributed by atoms with Gasteiger partial charge in [-0.2, -0.15) is 0 Å². The number of carbonyl (C=O) groups excluding carboxylic acids is 2. The molecule has 3 heterocycles. The third kappa shape index (κ3) is 1.53. The summed E-state index contributed by atoms with van der Waals surface area (Å²) in [6, 6.07) is -0.284. The quantitative estimate of drug-likeness (QED) is 0.857. The number of aromatic nitrogens is 2. The highest BCUT2D eigenvalue weighted by molar-refractivity contribution is 7.15. The lowest BCUT2D eigenvalue weighted by Gasteiger charge is -2.30. The molecule has 0 radical (unpaired) electrons. The van der Waals surface area contributed by atoms with Crippen molar-refractivity contribution in [1.82, 2.24) is 19.6 Å². The minimum absolute atomic E-state index is 0.138. The third-order valence-electron chi connectivity index (χ3n) is 4.30. The lowest BCUT2D eigenvalue weighted by atomic mass is 9.96. The molecule has 4 rings (SSSR count). The zero-order valence-electron chi connectivity index (χ0n) is 10.8. The fraction of sp³-hybridized carbons (Fsp3) is 0.462. The van der Waals surface area contributed by atoms with Crippen molar-refractivity contribution >= 4 is 28.2 Å². The lowest BCUT2D eigenvalue weighted by molar-refractivity contribution is -0.126. The molecule has 104 valence electrons. The third-order valence-corrected chi connectivity index (χ3v) is 5.07. The van der Waals surface area contributed by atoms with Crippen molar-refractivity contribution in [1.29, 1.82) is 0 Å². The smallest absolute Gasteiger partial charge is 0.304 e. The molecule has 1 spiro atoms. The first-order valence-corrected chi connectivity index (χ1v) is 7.61. The van der Waals surface area contributed by atoms with Gasteiger partial charge in [0.15, 0.2) is 4.96 Å². The lowest BCUT2D eigenvalue weighted by Crippen LogP contribution is -2.46. The van der Waals surface area contributed by atoms with Gasteiger partial charge in [-0.3, -0.25) is 14.5 Å². The van der Waals surface area contributed by atoms with Crippen molar-refractivity contribution in [3.8, 4) is 0 Å². The minimum Gasteiger partial charge on any atom is -0.304 e. The maximum Gasteiger partial charge on any atom is 0.325 e. The zero-order valence-corrected chi connectivity index (χ0v) is 11.7. The van der Waals surface area contributed by atoms with Crippen LogP contribution < -0.4 is 5.32 Å². The van der Waals surface area contributed by atoms with Crippen LogP contribution in [0.2, 0.25) is 0 Å². The number of rotatable bonds is 2. The van der Waals surface area contributed by atoms with Crippen molar-refractivity contribution in [3.63, 3.8) is 0 Å². The van der Waals surface area contributed by atoms with E-state index in [9.17, 15) is 9.59 Å². The maximum atomic E-state index is 12.1. The first kappa shape index (κ1) is 11.9. The van der Waals surface area contributed by atoms with Crippen LogP contribution in [0, 0.1) is 0 Å². The standard InChI is InChI=1S/C13H14N4O2S/c18-10-13(3-1-2-4-13)17(11(19)15-10)8-9-7-16-5-6-20-12(16)14-9/h5-7H,1-4,8H2,(H,15,18,19). The highest BCUT2D eigenvalue weighted by atomic mass is 32.1. The van der Waals surface area contributed by atoms with Gasteiger partial charge in [0.05, 0.1) is 12.2 Å². The summed E-state index contributed by atoms with van der Waals surface area (Å²) in [5, 5.41) is 4.43. The maximum absolute atomic E-state index is 12.1. The molecule has 1 aliphatic heterocycles. The van der Waals surface area contributed by atoms with Gasteiger partial charge >= 0.3 is 6.03 Å². The largest absolute Gasteiger partial charge is 0.325 e. The van der Waals surface area contributed by atoms with Crippen LogP contribution in [0.1, 0.15) is 31.4 Å². The minimum atomic E-state index is -0.631. The summed E-state index contributed by atoms with van der Waals surface area (Å²) < 4.78 is 1.94. The molecule has 0 unspecified atom stereocenters. The Labute approximate surface area is 119 Å². The van der Waals surface area contributed by atoms with E-state index in [4.69, 9.17) is 0 Å². The molecule has 20 heavy (non-hydrogen) atoms. The second-order valence-corrected chi connectivity index (χ2v) is 6.28. The van der Waals surface area contributed by atoms with E-state index >= 15 is 0 Å². The number of thiazole rings is 1. The van der Waals surface area contributed by atoms with Crippen LogP contribution in [0.3, 0.4) is 0 Å². The molecule has 3 amide bonds. The molecule has 2 aromatic rings. The van der Waals surface area contributed by atoms with Crippen molar-refractivity contribution in [2.24, 2.45) is 0 Å². The summed E-state index contributed by atoms with van der Waals surface area (Å²) in [5.74, 6) is -0.138. The van der Waals surface area contributed by atoms with Crippen LogP contribution in [-0.4, -0.2) is 31.8 Å². The Morgan fingerprint density at radius 3 is 2.90 bits per heavy atom. The molecule has 6 nitrogen and oxygen atoms in total. The first-order valence-electron chi connectivity index (χ1n) is 6.73. The number of nitrogens with zero attached hydrogens (tertiary/aromatic N) is 3. The van der Waals surface area contributed by atoms with E-state index in [0.29, 0.717) is 6.54 Å². The van der Waals surface area contributed by atoms with Gasteiger partial charge < -0.3 is 4.90 Å². The van der Waals surface area contributed by atoms with E-state index in [0.717, 1.165) is 36.3 Å². The van der Waals surface area contributed by atoms with Gasteiger partial charge in [0, 0.05) is 17.8 Å². The molecular weight excluding hydrogens is 276 g/mol. The van der Waals surface area contributed by atoms with E-state index in [-0.39, 0.29) is 11.9 Å². The second-order valence-electron chi connectivity index (χ2n) is 5.41. The van der Waals surface area contributed by atoms with E-state index < -0.39 is 5.54 Å². The monoisotopic (exact) mass is 290 g/mol. The molecule has 1 aliphatic carbocycles. The van der Waals surface area contributed by atoms with Crippen molar-refractivity contribution in [2.45, 2.75) is 37.8 Å². The molecule has 0 aromatic carbocycles. The van der Waals surface area contributed by atoms with Crippen LogP contribution in [0.5, 0.6) is 0 Å². The molecule has 1 N–H and O–H groups in total. The summed E-state index contributed by atoms with van der Waals surface area (Å²) in [7, 11) is 0. The Kier molecular flexibility index (Phi) is 2.41. The second kappa shape index (κ2) is 4.05. The van der Waals surface area contributed by atoms with Gasteiger partial charge in [-0.05, 0) is 12.8 Å². The van der Waals surface area contributed by atoms with Crippen LogP contribution in [0.25, 0.3) is 4.96 Å². The molecule has 0 bridgehead atoms. The van der Waals surface area contributed by atoms with Crippen LogP contribution in [-0.2, 0) is 11.3 Å². The van der Waals surface area contributed by atoms with Gasteiger partial charge in [0.2, 0.25) is 0 Å². The molecule has 1 saturated carbocycles. The van der Waals surface area contributed by atoms with Gasteiger partial charge in [0.25, 0.3) is 5.91 Å². The Morgan fingerprint density at radius 1 is 1.35 bits per heavy atom. The first-order chi connectivity index (χ1) is 9.69. The highest BCUT2D eigenvalue weighted by Crippen LogP contribution is 2.39. The normalized spacial score (nSPS) is 21.3.